The number of benzene rings is 1. The summed E-state index contributed by atoms with van der Waals surface area (Å²) >= 11 is 0. The SMILES string of the molecule is CS(=O)(=O)N1CCCC(Cc2ccnc(Cc3ccccc3)c2)C1. The van der Waals surface area contributed by atoms with Gasteiger partial charge in [-0.2, -0.15) is 0 Å². The topological polar surface area (TPSA) is 50.3 Å². The molecule has 1 aliphatic heterocycles. The van der Waals surface area contributed by atoms with Gasteiger partial charge in [-0.15, -0.1) is 0 Å². The van der Waals surface area contributed by atoms with Gasteiger partial charge in [-0.25, -0.2) is 12.7 Å². The Morgan fingerprint density at radius 2 is 1.96 bits per heavy atom. The molecule has 1 unspecified atom stereocenters. The van der Waals surface area contributed by atoms with Crippen LogP contribution in [0.3, 0.4) is 0 Å². The van der Waals surface area contributed by atoms with Gasteiger partial charge in [-0.1, -0.05) is 30.3 Å². The van der Waals surface area contributed by atoms with Crippen molar-refractivity contribution in [1.82, 2.24) is 9.29 Å². The van der Waals surface area contributed by atoms with Crippen LogP contribution in [0.4, 0.5) is 0 Å². The van der Waals surface area contributed by atoms with Gasteiger partial charge in [0, 0.05) is 31.4 Å². The number of rotatable bonds is 5. The molecule has 0 N–H and O–H groups in total. The van der Waals surface area contributed by atoms with Crippen molar-refractivity contribution in [2.75, 3.05) is 19.3 Å². The van der Waals surface area contributed by atoms with Crippen LogP contribution in [-0.4, -0.2) is 37.1 Å². The highest BCUT2D eigenvalue weighted by Crippen LogP contribution is 2.23. The number of sulfonamides is 1. The molecule has 3 rings (SSSR count). The summed E-state index contributed by atoms with van der Waals surface area (Å²) in [5.41, 5.74) is 3.56. The summed E-state index contributed by atoms with van der Waals surface area (Å²) in [6.45, 7) is 1.29. The fraction of sp³-hybridized carbons (Fsp3) is 0.421. The third kappa shape index (κ3) is 4.65. The highest BCUT2D eigenvalue weighted by molar-refractivity contribution is 7.88. The minimum Gasteiger partial charge on any atom is -0.261 e. The molecule has 128 valence electrons. The van der Waals surface area contributed by atoms with Crippen molar-refractivity contribution in [1.29, 1.82) is 0 Å². The van der Waals surface area contributed by atoms with E-state index in [1.807, 2.05) is 30.5 Å². The van der Waals surface area contributed by atoms with E-state index >= 15 is 0 Å². The average Bonchev–Trinajstić information content (AvgIpc) is 2.56. The van der Waals surface area contributed by atoms with E-state index in [4.69, 9.17) is 0 Å². The first-order chi connectivity index (χ1) is 11.5. The van der Waals surface area contributed by atoms with Gasteiger partial charge in [-0.05, 0) is 48.4 Å². The summed E-state index contributed by atoms with van der Waals surface area (Å²) in [4.78, 5) is 4.48. The maximum Gasteiger partial charge on any atom is 0.211 e. The summed E-state index contributed by atoms with van der Waals surface area (Å²) < 4.78 is 25.1. The Hall–Kier alpha value is -1.72. The van der Waals surface area contributed by atoms with Crippen LogP contribution < -0.4 is 0 Å². The van der Waals surface area contributed by atoms with Gasteiger partial charge in [0.1, 0.15) is 0 Å². The molecule has 1 aromatic heterocycles. The monoisotopic (exact) mass is 344 g/mol. The Labute approximate surface area is 144 Å². The summed E-state index contributed by atoms with van der Waals surface area (Å²) in [6, 6.07) is 14.5. The van der Waals surface area contributed by atoms with Crippen molar-refractivity contribution >= 4 is 10.0 Å². The Balaban J connectivity index is 1.66. The highest BCUT2D eigenvalue weighted by Gasteiger charge is 2.25. The molecular weight excluding hydrogens is 320 g/mol. The van der Waals surface area contributed by atoms with E-state index in [2.05, 4.69) is 23.2 Å². The molecule has 2 heterocycles. The lowest BCUT2D eigenvalue weighted by molar-refractivity contribution is 0.266. The lowest BCUT2D eigenvalue weighted by Gasteiger charge is -2.31. The second-order valence-electron chi connectivity index (χ2n) is 6.65. The van der Waals surface area contributed by atoms with Crippen LogP contribution in [-0.2, 0) is 22.9 Å². The summed E-state index contributed by atoms with van der Waals surface area (Å²) in [7, 11) is -3.08. The molecule has 0 saturated carbocycles. The number of pyridine rings is 1. The molecule has 0 bridgehead atoms. The van der Waals surface area contributed by atoms with E-state index in [0.717, 1.165) is 31.4 Å². The van der Waals surface area contributed by atoms with Crippen molar-refractivity contribution in [3.05, 3.63) is 65.5 Å². The van der Waals surface area contributed by atoms with E-state index in [-0.39, 0.29) is 0 Å². The van der Waals surface area contributed by atoms with Crippen molar-refractivity contribution < 1.29 is 8.42 Å². The number of nitrogens with zero attached hydrogens (tertiary/aromatic N) is 2. The number of piperidine rings is 1. The standard InChI is InChI=1S/C19H24N2O2S/c1-24(22,23)21-11-5-8-18(15-21)12-17-9-10-20-19(14-17)13-16-6-3-2-4-7-16/h2-4,6-7,9-10,14,18H,5,8,11-13,15H2,1H3. The molecule has 5 heteroatoms. The van der Waals surface area contributed by atoms with E-state index in [0.29, 0.717) is 19.0 Å². The molecule has 2 aromatic rings. The van der Waals surface area contributed by atoms with Gasteiger partial charge < -0.3 is 0 Å². The molecule has 1 fully saturated rings. The normalized spacial score (nSPS) is 19.3. The van der Waals surface area contributed by atoms with E-state index < -0.39 is 10.0 Å². The molecule has 1 aliphatic rings. The Morgan fingerprint density at radius 1 is 1.17 bits per heavy atom. The zero-order valence-corrected chi connectivity index (χ0v) is 14.9. The molecule has 1 atom stereocenters. The maximum atomic E-state index is 11.8. The largest absolute Gasteiger partial charge is 0.261 e. The molecule has 1 aromatic carbocycles. The van der Waals surface area contributed by atoms with Gasteiger partial charge >= 0.3 is 0 Å². The van der Waals surface area contributed by atoms with Gasteiger partial charge in [-0.3, -0.25) is 4.98 Å². The Kier molecular flexibility index (Phi) is 5.31. The van der Waals surface area contributed by atoms with Crippen LogP contribution in [0.25, 0.3) is 0 Å². The first kappa shape index (κ1) is 17.1. The Bertz CT molecular complexity index is 775. The minimum absolute atomic E-state index is 0.389. The highest BCUT2D eigenvalue weighted by atomic mass is 32.2. The first-order valence-corrected chi connectivity index (χ1v) is 10.3. The molecule has 0 spiro atoms. The number of aromatic nitrogens is 1. The smallest absolute Gasteiger partial charge is 0.211 e. The van der Waals surface area contributed by atoms with E-state index in [1.54, 1.807) is 4.31 Å². The predicted octanol–water partition coefficient (Wildman–Crippen LogP) is 2.89. The molecule has 1 saturated heterocycles. The van der Waals surface area contributed by atoms with E-state index in [1.165, 1.54) is 17.4 Å². The van der Waals surface area contributed by atoms with Crippen molar-refractivity contribution in [2.24, 2.45) is 5.92 Å². The predicted molar refractivity (Wildman–Crippen MR) is 96.3 cm³/mol. The van der Waals surface area contributed by atoms with Gasteiger partial charge in [0.15, 0.2) is 0 Å². The summed E-state index contributed by atoms with van der Waals surface area (Å²) in [5, 5.41) is 0. The van der Waals surface area contributed by atoms with Crippen molar-refractivity contribution in [3.8, 4) is 0 Å². The van der Waals surface area contributed by atoms with Crippen LogP contribution in [0.15, 0.2) is 48.7 Å². The fourth-order valence-electron chi connectivity index (χ4n) is 3.38. The average molecular weight is 344 g/mol. The number of hydrogen-bond acceptors (Lipinski definition) is 3. The lowest BCUT2D eigenvalue weighted by Crippen LogP contribution is -2.39. The van der Waals surface area contributed by atoms with Crippen LogP contribution in [0, 0.1) is 5.92 Å². The third-order valence-corrected chi connectivity index (χ3v) is 5.85. The number of hydrogen-bond donors (Lipinski definition) is 0. The molecule has 0 aliphatic carbocycles. The van der Waals surface area contributed by atoms with Crippen molar-refractivity contribution in [3.63, 3.8) is 0 Å². The van der Waals surface area contributed by atoms with Crippen molar-refractivity contribution in [2.45, 2.75) is 25.7 Å². The zero-order chi connectivity index (χ0) is 17.0. The van der Waals surface area contributed by atoms with Crippen LogP contribution in [0.5, 0.6) is 0 Å². The van der Waals surface area contributed by atoms with Crippen LogP contribution in [0.1, 0.15) is 29.7 Å². The van der Waals surface area contributed by atoms with E-state index in [9.17, 15) is 8.42 Å². The first-order valence-electron chi connectivity index (χ1n) is 8.43. The lowest BCUT2D eigenvalue weighted by atomic mass is 9.92. The molecular formula is C19H24N2O2S. The maximum absolute atomic E-state index is 11.8. The van der Waals surface area contributed by atoms with Gasteiger partial charge in [0.2, 0.25) is 10.0 Å². The molecule has 4 nitrogen and oxygen atoms in total. The summed E-state index contributed by atoms with van der Waals surface area (Å²) in [6.07, 6.45) is 6.94. The van der Waals surface area contributed by atoms with Gasteiger partial charge in [0.05, 0.1) is 6.26 Å². The second kappa shape index (κ2) is 7.45. The quantitative estimate of drug-likeness (QED) is 0.838. The Morgan fingerprint density at radius 3 is 2.71 bits per heavy atom. The van der Waals surface area contributed by atoms with Crippen LogP contribution >= 0.6 is 0 Å². The zero-order valence-electron chi connectivity index (χ0n) is 14.1. The molecule has 0 amide bonds. The molecule has 24 heavy (non-hydrogen) atoms. The second-order valence-corrected chi connectivity index (χ2v) is 8.63. The molecule has 0 radical (unpaired) electrons. The third-order valence-electron chi connectivity index (χ3n) is 4.58. The van der Waals surface area contributed by atoms with Gasteiger partial charge in [0.25, 0.3) is 0 Å². The fourth-order valence-corrected chi connectivity index (χ4v) is 4.33. The minimum atomic E-state index is -3.08. The summed E-state index contributed by atoms with van der Waals surface area (Å²) in [5.74, 6) is 0.389. The van der Waals surface area contributed by atoms with Crippen LogP contribution in [0.2, 0.25) is 0 Å².